The first-order valence-corrected chi connectivity index (χ1v) is 17.8. The number of alkyl halides is 6. The number of anilines is 2. The van der Waals surface area contributed by atoms with Crippen LogP contribution in [0, 0.1) is 0 Å². The standard InChI is InChI=1S/C36H32F6N10O11/c1-2-43-30(57)15-7-22(26-13-51(49-47-26)16-3-5-18(20(9-16)35(37,38)39)31(58)45-24(33(60)61)11-28(53)54)44-23(8-15)27-14-52(50-48-27)17-4-6-19(21(10-17)36(40,41)42)32(59)46-25(34(62)63)12-29(55)56/h3-10,13-14,24-25,47-50H,2,11-12H2,1H3,(H,43,57)(H,45,58)(H,46,59)(H,53,54)(H,55,56)(H,60,61)(H,62,63). The van der Waals surface area contributed by atoms with Crippen molar-refractivity contribution in [3.63, 3.8) is 0 Å². The average Bonchev–Trinajstić information content (AvgIpc) is 3.90. The second-order valence-electron chi connectivity index (χ2n) is 13.2. The largest absolute Gasteiger partial charge is 0.481 e. The molecule has 63 heavy (non-hydrogen) atoms. The first kappa shape index (κ1) is 46.1. The number of nitrogens with one attached hydrogen (secondary N) is 7. The van der Waals surface area contributed by atoms with E-state index in [1.54, 1.807) is 17.6 Å². The molecule has 0 bridgehead atoms. The molecule has 5 rings (SSSR count). The predicted octanol–water partition coefficient (Wildman–Crippen LogP) is 1.84. The van der Waals surface area contributed by atoms with Gasteiger partial charge in [0.25, 0.3) is 17.7 Å². The molecule has 0 fully saturated rings. The van der Waals surface area contributed by atoms with Gasteiger partial charge in [0.2, 0.25) is 0 Å². The minimum absolute atomic E-state index is 0.00581. The zero-order valence-electron chi connectivity index (χ0n) is 31.8. The van der Waals surface area contributed by atoms with Crippen molar-refractivity contribution in [1.29, 1.82) is 0 Å². The van der Waals surface area contributed by atoms with Gasteiger partial charge in [-0.3, -0.25) is 44.8 Å². The molecule has 11 N–H and O–H groups in total. The van der Waals surface area contributed by atoms with E-state index in [0.29, 0.717) is 12.1 Å². The minimum Gasteiger partial charge on any atom is -0.481 e. The number of benzene rings is 2. The topological polar surface area (TPSA) is 304 Å². The van der Waals surface area contributed by atoms with Crippen LogP contribution in [-0.2, 0) is 31.5 Å². The maximum atomic E-state index is 14.2. The third kappa shape index (κ3) is 11.1. The molecule has 0 saturated carbocycles. The molecule has 0 aliphatic carbocycles. The Labute approximate surface area is 348 Å². The van der Waals surface area contributed by atoms with Gasteiger partial charge in [-0.25, -0.2) is 14.6 Å². The fourth-order valence-electron chi connectivity index (χ4n) is 5.82. The van der Waals surface area contributed by atoms with Gasteiger partial charge >= 0.3 is 36.2 Å². The van der Waals surface area contributed by atoms with Gasteiger partial charge < -0.3 is 36.4 Å². The molecule has 0 radical (unpaired) electrons. The summed E-state index contributed by atoms with van der Waals surface area (Å²) in [4.78, 5) is 87.9. The summed E-state index contributed by atoms with van der Waals surface area (Å²) in [6, 6.07) is 3.18. The van der Waals surface area contributed by atoms with E-state index >= 15 is 0 Å². The molecule has 2 aromatic carbocycles. The van der Waals surface area contributed by atoms with Crippen LogP contribution in [0.2, 0.25) is 0 Å². The molecule has 2 aliphatic heterocycles. The zero-order valence-corrected chi connectivity index (χ0v) is 31.8. The summed E-state index contributed by atoms with van der Waals surface area (Å²) in [7, 11) is 0. The van der Waals surface area contributed by atoms with Crippen LogP contribution in [0.15, 0.2) is 60.9 Å². The Morgan fingerprint density at radius 3 is 1.37 bits per heavy atom. The van der Waals surface area contributed by atoms with Crippen molar-refractivity contribution in [2.75, 3.05) is 16.6 Å². The molecular formula is C36H32F6N10O11. The summed E-state index contributed by atoms with van der Waals surface area (Å²) in [5, 5.41) is 44.5. The summed E-state index contributed by atoms with van der Waals surface area (Å²) >= 11 is 0. The Balaban J connectivity index is 1.46. The lowest BCUT2D eigenvalue weighted by atomic mass is 10.0. The number of pyridine rings is 1. The van der Waals surface area contributed by atoms with Crippen molar-refractivity contribution in [3.05, 3.63) is 100 Å². The van der Waals surface area contributed by atoms with E-state index in [1.165, 1.54) is 24.5 Å². The van der Waals surface area contributed by atoms with Crippen molar-refractivity contribution >= 4 is 64.4 Å². The second-order valence-corrected chi connectivity index (χ2v) is 13.2. The van der Waals surface area contributed by atoms with Crippen molar-refractivity contribution in [2.45, 2.75) is 44.2 Å². The number of aromatic nitrogens is 1. The molecule has 3 aromatic rings. The molecule has 21 nitrogen and oxygen atoms in total. The molecule has 334 valence electrons. The molecule has 0 spiro atoms. The average molecular weight is 895 g/mol. The number of hydrogen-bond donors (Lipinski definition) is 11. The third-order valence-corrected chi connectivity index (χ3v) is 8.74. The van der Waals surface area contributed by atoms with E-state index in [0.717, 1.165) is 34.3 Å². The molecule has 3 heterocycles. The number of hydrogen-bond acceptors (Lipinski definition) is 14. The van der Waals surface area contributed by atoms with E-state index in [1.807, 2.05) is 0 Å². The number of nitrogens with zero attached hydrogens (tertiary/aromatic N) is 3. The lowest BCUT2D eigenvalue weighted by molar-refractivity contribution is -0.145. The Hall–Kier alpha value is -7.94. The van der Waals surface area contributed by atoms with Crippen molar-refractivity contribution < 1.29 is 80.3 Å². The van der Waals surface area contributed by atoms with E-state index in [2.05, 4.69) is 32.2 Å². The first-order valence-electron chi connectivity index (χ1n) is 17.8. The van der Waals surface area contributed by atoms with Gasteiger partial charge in [0.05, 0.1) is 81.7 Å². The number of amides is 3. The molecule has 0 saturated heterocycles. The second kappa shape index (κ2) is 18.4. The highest BCUT2D eigenvalue weighted by molar-refractivity contribution is 6.00. The van der Waals surface area contributed by atoms with Crippen LogP contribution in [0.25, 0.3) is 11.4 Å². The molecule has 1 aromatic heterocycles. The van der Waals surface area contributed by atoms with Crippen LogP contribution < -0.4 is 47.9 Å². The molecule has 3 amide bonds. The number of carboxylic acids is 4. The number of halogens is 6. The lowest BCUT2D eigenvalue weighted by Gasteiger charge is -2.20. The van der Waals surface area contributed by atoms with Crippen molar-refractivity contribution in [3.8, 4) is 0 Å². The minimum atomic E-state index is -5.17. The number of aliphatic carboxylic acids is 4. The number of rotatable bonds is 16. The van der Waals surface area contributed by atoms with Gasteiger partial charge in [0.15, 0.2) is 0 Å². The summed E-state index contributed by atoms with van der Waals surface area (Å²) in [6.45, 7) is 1.80. The van der Waals surface area contributed by atoms with Crippen LogP contribution in [-0.4, -0.2) is 85.6 Å². The molecular weight excluding hydrogens is 862 g/mol. The van der Waals surface area contributed by atoms with Crippen LogP contribution in [0.5, 0.6) is 0 Å². The van der Waals surface area contributed by atoms with Gasteiger partial charge in [-0.1, -0.05) is 0 Å². The van der Waals surface area contributed by atoms with Gasteiger partial charge in [-0.15, -0.1) is 11.1 Å². The molecule has 2 aliphatic rings. The third-order valence-electron chi connectivity index (χ3n) is 8.74. The number of carbonyl (C=O) groups is 7. The fraction of sp³-hybridized carbons (Fsp3) is 0.222. The van der Waals surface area contributed by atoms with Gasteiger partial charge in [-0.05, 0) is 55.5 Å². The SMILES string of the molecule is CCNC(=O)c1cc(C2=CN(c3ccc(C(=O)NC(CC(=O)O)C(=O)O)c(C(F)(F)F)c3)NN2)nc(C2=CN(c3ccc(C(=O)NC(CC(=O)O)C(=O)O)c(C(F)(F)F)c3)NN2)c1. The normalized spacial score (nSPS) is 14.7. The monoisotopic (exact) mass is 894 g/mol. The lowest BCUT2D eigenvalue weighted by Crippen LogP contribution is -2.42. The van der Waals surface area contributed by atoms with E-state index in [-0.39, 0.29) is 46.3 Å². The highest BCUT2D eigenvalue weighted by Gasteiger charge is 2.39. The number of carbonyl (C=O) groups excluding carboxylic acids is 3. The Morgan fingerprint density at radius 2 is 1.03 bits per heavy atom. The quantitative estimate of drug-likeness (QED) is 0.0915. The smallest absolute Gasteiger partial charge is 0.417 e. The van der Waals surface area contributed by atoms with Crippen LogP contribution in [0.4, 0.5) is 37.7 Å². The molecule has 2 unspecified atom stereocenters. The van der Waals surface area contributed by atoms with Gasteiger partial charge in [0, 0.05) is 12.1 Å². The number of carboxylic acid groups (broad SMARTS) is 4. The summed E-state index contributed by atoms with van der Waals surface area (Å²) < 4.78 is 85.4. The molecule has 2 atom stereocenters. The summed E-state index contributed by atoms with van der Waals surface area (Å²) in [6.07, 6.45) is -10.1. The summed E-state index contributed by atoms with van der Waals surface area (Å²) in [5.74, 6) is -10.5. The zero-order chi connectivity index (χ0) is 46.6. The van der Waals surface area contributed by atoms with E-state index in [4.69, 9.17) is 10.2 Å². The first-order chi connectivity index (χ1) is 29.5. The maximum Gasteiger partial charge on any atom is 0.417 e. The Kier molecular flexibility index (Phi) is 13.4. The highest BCUT2D eigenvalue weighted by atomic mass is 19.4. The Bertz CT molecular complexity index is 2290. The maximum absolute atomic E-state index is 14.2. The number of hydrazine groups is 4. The Morgan fingerprint density at radius 1 is 0.635 bits per heavy atom. The van der Waals surface area contributed by atoms with Crippen molar-refractivity contribution in [2.24, 2.45) is 0 Å². The fourth-order valence-corrected chi connectivity index (χ4v) is 5.82. The highest BCUT2D eigenvalue weighted by Crippen LogP contribution is 2.37. The van der Waals surface area contributed by atoms with Gasteiger partial charge in [-0.2, -0.15) is 26.3 Å². The van der Waals surface area contributed by atoms with Crippen LogP contribution in [0.1, 0.15) is 73.4 Å². The van der Waals surface area contributed by atoms with Crippen molar-refractivity contribution in [1.82, 2.24) is 42.9 Å². The van der Waals surface area contributed by atoms with Gasteiger partial charge in [0.1, 0.15) is 12.1 Å². The summed E-state index contributed by atoms with van der Waals surface area (Å²) in [5.41, 5.74) is 5.07. The molecule has 27 heteroatoms. The predicted molar refractivity (Wildman–Crippen MR) is 201 cm³/mol. The van der Waals surface area contributed by atoms with E-state index in [9.17, 15) is 70.1 Å². The van der Waals surface area contributed by atoms with Crippen LogP contribution >= 0.6 is 0 Å². The van der Waals surface area contributed by atoms with Crippen LogP contribution in [0.3, 0.4) is 0 Å². The van der Waals surface area contributed by atoms with E-state index < -0.39 is 101 Å².